The maximum absolute atomic E-state index is 12.2. The Morgan fingerprint density at radius 3 is 2.35 bits per heavy atom. The van der Waals surface area contributed by atoms with Gasteiger partial charge in [0, 0.05) is 5.56 Å². The Balaban J connectivity index is 2.12. The van der Waals surface area contributed by atoms with Crippen molar-refractivity contribution in [3.05, 3.63) is 58.6 Å². The molecule has 2 aromatic rings. The summed E-state index contributed by atoms with van der Waals surface area (Å²) < 4.78 is 35.7. The van der Waals surface area contributed by atoms with E-state index >= 15 is 0 Å². The second-order valence-electron chi connectivity index (χ2n) is 5.08. The van der Waals surface area contributed by atoms with Crippen molar-refractivity contribution in [1.82, 2.24) is 4.72 Å². The first-order valence-electron chi connectivity index (χ1n) is 7.36. The summed E-state index contributed by atoms with van der Waals surface area (Å²) in [6, 6.07) is 9.93. The van der Waals surface area contributed by atoms with Gasteiger partial charge in [-0.05, 0) is 49.5 Å². The molecule has 0 saturated carbocycles. The van der Waals surface area contributed by atoms with E-state index in [1.165, 1.54) is 26.3 Å². The molecule has 0 radical (unpaired) electrons. The number of ether oxygens (including phenoxy) is 2. The van der Waals surface area contributed by atoms with Gasteiger partial charge in [-0.1, -0.05) is 11.6 Å². The van der Waals surface area contributed by atoms with Crippen molar-refractivity contribution in [2.45, 2.75) is 4.90 Å². The molecule has 7 nitrogen and oxygen atoms in total. The van der Waals surface area contributed by atoms with Crippen LogP contribution in [0.3, 0.4) is 0 Å². The number of methoxy groups -OCH3 is 1. The average Bonchev–Trinajstić information content (AvgIpc) is 2.66. The predicted octanol–water partition coefficient (Wildman–Crippen LogP) is 2.30. The predicted molar refractivity (Wildman–Crippen MR) is 95.3 cm³/mol. The smallest absolute Gasteiger partial charge is 0.340 e. The van der Waals surface area contributed by atoms with Gasteiger partial charge >= 0.3 is 5.97 Å². The van der Waals surface area contributed by atoms with Gasteiger partial charge in [-0.3, -0.25) is 4.79 Å². The second kappa shape index (κ2) is 8.31. The number of benzene rings is 2. The van der Waals surface area contributed by atoms with Crippen molar-refractivity contribution in [2.24, 2.45) is 0 Å². The van der Waals surface area contributed by atoms with Gasteiger partial charge in [0.25, 0.3) is 0 Å². The fraction of sp³-hybridized carbons (Fsp3) is 0.176. The zero-order chi connectivity index (χ0) is 19.3. The lowest BCUT2D eigenvalue weighted by Crippen LogP contribution is -2.19. The molecule has 0 heterocycles. The summed E-state index contributed by atoms with van der Waals surface area (Å²) in [7, 11) is -0.997. The molecule has 2 rings (SSSR count). The number of carbonyl (C=O) groups is 2. The Labute approximate surface area is 155 Å². The number of ketones is 1. The maximum atomic E-state index is 12.2. The molecule has 0 aliphatic rings. The van der Waals surface area contributed by atoms with Crippen LogP contribution >= 0.6 is 11.6 Å². The highest BCUT2D eigenvalue weighted by atomic mass is 35.5. The van der Waals surface area contributed by atoms with Gasteiger partial charge in [-0.2, -0.15) is 0 Å². The topological polar surface area (TPSA) is 98.8 Å². The van der Waals surface area contributed by atoms with Crippen LogP contribution in [-0.2, 0) is 14.8 Å². The third-order valence-electron chi connectivity index (χ3n) is 3.48. The summed E-state index contributed by atoms with van der Waals surface area (Å²) in [6.07, 6.45) is 0. The molecule has 0 amide bonds. The van der Waals surface area contributed by atoms with Crippen molar-refractivity contribution in [2.75, 3.05) is 20.8 Å². The van der Waals surface area contributed by atoms with Gasteiger partial charge in [0.2, 0.25) is 10.0 Å². The van der Waals surface area contributed by atoms with Crippen LogP contribution < -0.4 is 9.46 Å². The number of carbonyl (C=O) groups excluding carboxylic acids is 2. The van der Waals surface area contributed by atoms with Gasteiger partial charge in [0.1, 0.15) is 5.75 Å². The first kappa shape index (κ1) is 19.9. The van der Waals surface area contributed by atoms with E-state index in [1.807, 2.05) is 0 Å². The average molecular weight is 398 g/mol. The minimum atomic E-state index is -3.75. The molecule has 0 aliphatic heterocycles. The standard InChI is InChI=1S/C17H16ClNO6S/c1-19-26(22,23)13-7-8-15(18)14(9-13)17(21)25-10-16(20)11-3-5-12(24-2)6-4-11/h3-9,19H,10H2,1-2H3. The van der Waals surface area contributed by atoms with Crippen LogP contribution in [-0.4, -0.2) is 40.9 Å². The minimum Gasteiger partial charge on any atom is -0.497 e. The van der Waals surface area contributed by atoms with Crippen LogP contribution in [0.4, 0.5) is 0 Å². The molecule has 0 fully saturated rings. The molecule has 0 spiro atoms. The fourth-order valence-corrected chi connectivity index (χ4v) is 2.97. The van der Waals surface area contributed by atoms with Crippen LogP contribution in [0.25, 0.3) is 0 Å². The lowest BCUT2D eigenvalue weighted by Gasteiger charge is -2.08. The summed E-state index contributed by atoms with van der Waals surface area (Å²) in [5.41, 5.74) is 0.196. The number of hydrogen-bond donors (Lipinski definition) is 1. The van der Waals surface area contributed by atoms with Crippen molar-refractivity contribution in [1.29, 1.82) is 0 Å². The number of esters is 1. The molecule has 0 aliphatic carbocycles. The van der Waals surface area contributed by atoms with E-state index in [2.05, 4.69) is 4.72 Å². The molecule has 0 atom stereocenters. The van der Waals surface area contributed by atoms with E-state index in [4.69, 9.17) is 21.1 Å². The Kier molecular flexibility index (Phi) is 6.36. The molecule has 138 valence electrons. The highest BCUT2D eigenvalue weighted by molar-refractivity contribution is 7.89. The molecule has 26 heavy (non-hydrogen) atoms. The molecule has 0 saturated heterocycles. The SMILES string of the molecule is CNS(=O)(=O)c1ccc(Cl)c(C(=O)OCC(=O)c2ccc(OC)cc2)c1. The monoisotopic (exact) mass is 397 g/mol. The molecular weight excluding hydrogens is 382 g/mol. The van der Waals surface area contributed by atoms with Crippen molar-refractivity contribution >= 4 is 33.4 Å². The van der Waals surface area contributed by atoms with Gasteiger partial charge in [0.05, 0.1) is 22.6 Å². The molecular formula is C17H16ClNO6S. The largest absolute Gasteiger partial charge is 0.497 e. The number of sulfonamides is 1. The Hall–Kier alpha value is -2.42. The number of halogens is 1. The van der Waals surface area contributed by atoms with Crippen LogP contribution in [0, 0.1) is 0 Å². The molecule has 2 aromatic carbocycles. The molecule has 0 bridgehead atoms. The van der Waals surface area contributed by atoms with Gasteiger partial charge in [-0.15, -0.1) is 0 Å². The fourth-order valence-electron chi connectivity index (χ4n) is 2.01. The van der Waals surface area contributed by atoms with Crippen molar-refractivity contribution in [3.8, 4) is 5.75 Å². The van der Waals surface area contributed by atoms with Gasteiger partial charge in [0.15, 0.2) is 12.4 Å². The Bertz CT molecular complexity index is 925. The summed E-state index contributed by atoms with van der Waals surface area (Å²) in [6.45, 7) is -0.509. The summed E-state index contributed by atoms with van der Waals surface area (Å²) in [5.74, 6) is -0.728. The van der Waals surface area contributed by atoms with E-state index in [9.17, 15) is 18.0 Å². The zero-order valence-corrected chi connectivity index (χ0v) is 15.6. The van der Waals surface area contributed by atoms with E-state index in [0.717, 1.165) is 6.07 Å². The van der Waals surface area contributed by atoms with E-state index in [0.29, 0.717) is 11.3 Å². The zero-order valence-electron chi connectivity index (χ0n) is 14.0. The minimum absolute atomic E-state index is 0.0157. The summed E-state index contributed by atoms with van der Waals surface area (Å²) in [4.78, 5) is 24.1. The van der Waals surface area contributed by atoms with E-state index < -0.39 is 28.4 Å². The number of hydrogen-bond acceptors (Lipinski definition) is 6. The van der Waals surface area contributed by atoms with Gasteiger partial charge < -0.3 is 9.47 Å². The molecule has 9 heteroatoms. The first-order valence-corrected chi connectivity index (χ1v) is 9.22. The number of Topliss-reactive ketones (excluding diaryl/α,β-unsaturated/α-hetero) is 1. The lowest BCUT2D eigenvalue weighted by molar-refractivity contribution is 0.0474. The third kappa shape index (κ3) is 4.60. The first-order chi connectivity index (χ1) is 12.3. The second-order valence-corrected chi connectivity index (χ2v) is 7.37. The normalized spacial score (nSPS) is 11.0. The molecule has 0 aromatic heterocycles. The van der Waals surface area contributed by atoms with E-state index in [1.54, 1.807) is 24.3 Å². The van der Waals surface area contributed by atoms with Crippen LogP contribution in [0.1, 0.15) is 20.7 Å². The van der Waals surface area contributed by atoms with Crippen LogP contribution in [0.15, 0.2) is 47.4 Å². The Morgan fingerprint density at radius 1 is 1.12 bits per heavy atom. The number of nitrogens with one attached hydrogen (secondary N) is 1. The van der Waals surface area contributed by atoms with Crippen LogP contribution in [0.5, 0.6) is 5.75 Å². The Morgan fingerprint density at radius 2 is 1.77 bits per heavy atom. The highest BCUT2D eigenvalue weighted by Gasteiger charge is 2.19. The van der Waals surface area contributed by atoms with E-state index in [-0.39, 0.29) is 15.5 Å². The summed E-state index contributed by atoms with van der Waals surface area (Å²) in [5, 5.41) is 0.0157. The summed E-state index contributed by atoms with van der Waals surface area (Å²) >= 11 is 5.94. The van der Waals surface area contributed by atoms with Crippen molar-refractivity contribution in [3.63, 3.8) is 0 Å². The maximum Gasteiger partial charge on any atom is 0.340 e. The third-order valence-corrected chi connectivity index (χ3v) is 5.22. The van der Waals surface area contributed by atoms with Gasteiger partial charge in [-0.25, -0.2) is 17.9 Å². The molecule has 1 N–H and O–H groups in total. The highest BCUT2D eigenvalue weighted by Crippen LogP contribution is 2.21. The lowest BCUT2D eigenvalue weighted by atomic mass is 10.1. The molecule has 0 unspecified atom stereocenters. The number of rotatable bonds is 7. The van der Waals surface area contributed by atoms with Crippen molar-refractivity contribution < 1.29 is 27.5 Å². The quantitative estimate of drug-likeness (QED) is 0.568. The van der Waals surface area contributed by atoms with Crippen LogP contribution in [0.2, 0.25) is 5.02 Å².